The molecule has 0 unspecified atom stereocenters. The van der Waals surface area contributed by atoms with Crippen LogP contribution in [-0.2, 0) is 6.42 Å². The van der Waals surface area contributed by atoms with Crippen molar-refractivity contribution in [2.45, 2.75) is 44.2 Å². The van der Waals surface area contributed by atoms with E-state index in [0.29, 0.717) is 6.04 Å². The Morgan fingerprint density at radius 1 is 1.31 bits per heavy atom. The van der Waals surface area contributed by atoms with Gasteiger partial charge in [-0.1, -0.05) is 11.6 Å². The van der Waals surface area contributed by atoms with Crippen LogP contribution in [0, 0.1) is 0 Å². The van der Waals surface area contributed by atoms with Gasteiger partial charge in [-0.3, -0.25) is 0 Å². The van der Waals surface area contributed by atoms with E-state index in [4.69, 9.17) is 11.6 Å². The second kappa shape index (κ2) is 6.01. The number of hydrogen-bond donors (Lipinski definition) is 2. The van der Waals surface area contributed by atoms with Crippen LogP contribution in [0.2, 0.25) is 4.34 Å². The fraction of sp³-hybridized carbons (Fsp3) is 0.667. The Labute approximate surface area is 106 Å². The summed E-state index contributed by atoms with van der Waals surface area (Å²) in [7, 11) is 0. The standard InChI is InChI=1S/C12H18ClNOS/c13-12-6-5-11(16-12)7-8-14-9-1-3-10(15)4-2-9/h5-6,9-10,14-15H,1-4,7-8H2. The lowest BCUT2D eigenvalue weighted by Crippen LogP contribution is -2.35. The highest BCUT2D eigenvalue weighted by Gasteiger charge is 2.18. The Hall–Kier alpha value is -0.0900. The van der Waals surface area contributed by atoms with E-state index < -0.39 is 0 Å². The quantitative estimate of drug-likeness (QED) is 0.872. The minimum atomic E-state index is -0.0610. The van der Waals surface area contributed by atoms with Gasteiger partial charge in [0, 0.05) is 17.5 Å². The maximum atomic E-state index is 9.39. The second-order valence-electron chi connectivity index (χ2n) is 4.42. The predicted octanol–water partition coefficient (Wildman–Crippen LogP) is 2.84. The lowest BCUT2D eigenvalue weighted by atomic mass is 9.93. The maximum Gasteiger partial charge on any atom is 0.0931 e. The first-order valence-electron chi connectivity index (χ1n) is 5.89. The summed E-state index contributed by atoms with van der Waals surface area (Å²) < 4.78 is 0.871. The molecule has 2 N–H and O–H groups in total. The maximum absolute atomic E-state index is 9.39. The third-order valence-electron chi connectivity index (χ3n) is 3.13. The molecule has 1 aliphatic rings. The van der Waals surface area contributed by atoms with Gasteiger partial charge in [-0.2, -0.15) is 0 Å². The molecule has 0 aliphatic heterocycles. The van der Waals surface area contributed by atoms with Crippen molar-refractivity contribution in [3.05, 3.63) is 21.3 Å². The number of aliphatic hydroxyl groups is 1. The molecular formula is C12H18ClNOS. The molecule has 0 aromatic carbocycles. The van der Waals surface area contributed by atoms with Crippen LogP contribution >= 0.6 is 22.9 Å². The highest BCUT2D eigenvalue weighted by molar-refractivity contribution is 7.16. The zero-order valence-electron chi connectivity index (χ0n) is 9.29. The van der Waals surface area contributed by atoms with Crippen LogP contribution in [0.4, 0.5) is 0 Å². The van der Waals surface area contributed by atoms with Gasteiger partial charge < -0.3 is 10.4 Å². The Morgan fingerprint density at radius 3 is 2.69 bits per heavy atom. The van der Waals surface area contributed by atoms with E-state index in [2.05, 4.69) is 11.4 Å². The average Bonchev–Trinajstić information content (AvgIpc) is 2.67. The van der Waals surface area contributed by atoms with Crippen LogP contribution in [0.1, 0.15) is 30.6 Å². The Kier molecular flexibility index (Phi) is 4.65. The third-order valence-corrected chi connectivity index (χ3v) is 4.42. The van der Waals surface area contributed by atoms with Gasteiger partial charge in [0.1, 0.15) is 0 Å². The molecule has 1 aromatic heterocycles. The summed E-state index contributed by atoms with van der Waals surface area (Å²) in [6.45, 7) is 1.01. The van der Waals surface area contributed by atoms with Gasteiger partial charge in [0.15, 0.2) is 0 Å². The van der Waals surface area contributed by atoms with E-state index in [1.54, 1.807) is 11.3 Å². The molecule has 2 rings (SSSR count). The number of halogens is 1. The highest BCUT2D eigenvalue weighted by Crippen LogP contribution is 2.22. The Morgan fingerprint density at radius 2 is 2.06 bits per heavy atom. The molecule has 1 saturated carbocycles. The van der Waals surface area contributed by atoms with Crippen molar-refractivity contribution < 1.29 is 5.11 Å². The van der Waals surface area contributed by atoms with Gasteiger partial charge in [-0.05, 0) is 44.2 Å². The third kappa shape index (κ3) is 3.74. The fourth-order valence-electron chi connectivity index (χ4n) is 2.17. The zero-order chi connectivity index (χ0) is 11.4. The molecule has 2 nitrogen and oxygen atoms in total. The first-order valence-corrected chi connectivity index (χ1v) is 7.09. The largest absolute Gasteiger partial charge is 0.393 e. The van der Waals surface area contributed by atoms with Crippen LogP contribution in [0.5, 0.6) is 0 Å². The molecule has 0 radical (unpaired) electrons. The monoisotopic (exact) mass is 259 g/mol. The molecule has 1 aromatic rings. The lowest BCUT2D eigenvalue weighted by molar-refractivity contribution is 0.117. The molecule has 4 heteroatoms. The van der Waals surface area contributed by atoms with Crippen LogP contribution in [0.3, 0.4) is 0 Å². The van der Waals surface area contributed by atoms with E-state index in [-0.39, 0.29) is 6.10 Å². The van der Waals surface area contributed by atoms with Gasteiger partial charge >= 0.3 is 0 Å². The normalized spacial score (nSPS) is 25.9. The van der Waals surface area contributed by atoms with Crippen LogP contribution in [-0.4, -0.2) is 23.8 Å². The van der Waals surface area contributed by atoms with Gasteiger partial charge in [-0.25, -0.2) is 0 Å². The molecule has 1 fully saturated rings. The highest BCUT2D eigenvalue weighted by atomic mass is 35.5. The predicted molar refractivity (Wildman–Crippen MR) is 69.3 cm³/mol. The van der Waals surface area contributed by atoms with Crippen LogP contribution < -0.4 is 5.32 Å². The summed E-state index contributed by atoms with van der Waals surface area (Å²) in [6.07, 6.45) is 5.09. The van der Waals surface area contributed by atoms with E-state index >= 15 is 0 Å². The summed E-state index contributed by atoms with van der Waals surface area (Å²) in [5.41, 5.74) is 0. The van der Waals surface area contributed by atoms with Crippen molar-refractivity contribution in [2.75, 3.05) is 6.54 Å². The van der Waals surface area contributed by atoms with Crippen LogP contribution in [0.15, 0.2) is 12.1 Å². The molecule has 0 atom stereocenters. The molecule has 0 amide bonds. The average molecular weight is 260 g/mol. The minimum Gasteiger partial charge on any atom is -0.393 e. The number of aliphatic hydroxyl groups excluding tert-OH is 1. The molecule has 16 heavy (non-hydrogen) atoms. The summed E-state index contributed by atoms with van der Waals surface area (Å²) in [4.78, 5) is 1.34. The van der Waals surface area contributed by atoms with Crippen molar-refractivity contribution in [3.8, 4) is 0 Å². The molecule has 0 bridgehead atoms. The number of nitrogens with one attached hydrogen (secondary N) is 1. The first kappa shape index (κ1) is 12.4. The number of thiophene rings is 1. The summed E-state index contributed by atoms with van der Waals surface area (Å²) in [6, 6.07) is 4.65. The SMILES string of the molecule is OC1CCC(NCCc2ccc(Cl)s2)CC1. The van der Waals surface area contributed by atoms with Crippen LogP contribution in [0.25, 0.3) is 0 Å². The Bertz CT molecular complexity index is 321. The zero-order valence-corrected chi connectivity index (χ0v) is 10.9. The molecule has 1 heterocycles. The van der Waals surface area contributed by atoms with Crippen molar-refractivity contribution >= 4 is 22.9 Å². The number of hydrogen-bond acceptors (Lipinski definition) is 3. The van der Waals surface area contributed by atoms with Crippen molar-refractivity contribution in [3.63, 3.8) is 0 Å². The summed E-state index contributed by atoms with van der Waals surface area (Å²) in [5, 5.41) is 12.9. The molecule has 0 saturated heterocycles. The molecule has 1 aliphatic carbocycles. The second-order valence-corrected chi connectivity index (χ2v) is 6.22. The van der Waals surface area contributed by atoms with Crippen molar-refractivity contribution in [1.82, 2.24) is 5.32 Å². The molecular weight excluding hydrogens is 242 g/mol. The van der Waals surface area contributed by atoms with E-state index in [1.807, 2.05) is 6.07 Å². The first-order chi connectivity index (χ1) is 7.74. The lowest BCUT2D eigenvalue weighted by Gasteiger charge is -2.26. The van der Waals surface area contributed by atoms with E-state index in [0.717, 1.165) is 43.0 Å². The van der Waals surface area contributed by atoms with E-state index in [1.165, 1.54) is 4.88 Å². The van der Waals surface area contributed by atoms with Gasteiger partial charge in [0.05, 0.1) is 10.4 Å². The number of rotatable bonds is 4. The van der Waals surface area contributed by atoms with Gasteiger partial charge in [-0.15, -0.1) is 11.3 Å². The molecule has 0 spiro atoms. The topological polar surface area (TPSA) is 32.3 Å². The summed E-state index contributed by atoms with van der Waals surface area (Å²) in [5.74, 6) is 0. The summed E-state index contributed by atoms with van der Waals surface area (Å²) >= 11 is 7.53. The van der Waals surface area contributed by atoms with Crippen molar-refractivity contribution in [2.24, 2.45) is 0 Å². The Balaban J connectivity index is 1.64. The fourth-order valence-corrected chi connectivity index (χ4v) is 3.25. The molecule has 90 valence electrons. The van der Waals surface area contributed by atoms with Gasteiger partial charge in [0.25, 0.3) is 0 Å². The minimum absolute atomic E-state index is 0.0610. The van der Waals surface area contributed by atoms with Crippen molar-refractivity contribution in [1.29, 1.82) is 0 Å². The van der Waals surface area contributed by atoms with Gasteiger partial charge in [0.2, 0.25) is 0 Å². The van der Waals surface area contributed by atoms with E-state index in [9.17, 15) is 5.11 Å². The smallest absolute Gasteiger partial charge is 0.0931 e.